The van der Waals surface area contributed by atoms with Gasteiger partial charge in [-0.15, -0.1) is 0 Å². The van der Waals surface area contributed by atoms with Gasteiger partial charge in [0.15, 0.2) is 0 Å². The minimum atomic E-state index is -4.43. The number of amides is 2. The molecule has 13 heteroatoms. The molecule has 0 bridgehead atoms. The highest BCUT2D eigenvalue weighted by atomic mass is 35.5. The van der Waals surface area contributed by atoms with Crippen molar-refractivity contribution in [3.05, 3.63) is 83.0 Å². The zero-order valence-corrected chi connectivity index (χ0v) is 26.1. The van der Waals surface area contributed by atoms with Crippen LogP contribution in [-0.2, 0) is 25.2 Å². The number of rotatable bonds is 6. The Labute approximate surface area is 262 Å². The fraction of sp³-hybridized carbons (Fsp3) is 0.387. The second-order valence-electron chi connectivity index (χ2n) is 11.2. The number of likely N-dealkylation sites (N-methyl/N-ethyl adjacent to an activating group) is 1. The normalized spacial score (nSPS) is 21.8. The van der Waals surface area contributed by atoms with Gasteiger partial charge in [-0.1, -0.05) is 29.8 Å². The summed E-state index contributed by atoms with van der Waals surface area (Å²) in [6, 6.07) is 15.5. The SMILES string of the molecule is COc1ncccc1C1(OC(=O)N2CCC(N3CCN(C)CC3)CC2)C(=O)N(S(=O)(=O)c2ccccc2)c2ccc(Cl)cc21. The van der Waals surface area contributed by atoms with Crippen LogP contribution in [0.3, 0.4) is 0 Å². The molecule has 1 atom stereocenters. The van der Waals surface area contributed by atoms with Gasteiger partial charge in [0, 0.05) is 62.1 Å². The van der Waals surface area contributed by atoms with Crippen molar-refractivity contribution in [1.82, 2.24) is 19.7 Å². The highest BCUT2D eigenvalue weighted by molar-refractivity contribution is 7.93. The first-order valence-electron chi connectivity index (χ1n) is 14.5. The number of piperidine rings is 1. The van der Waals surface area contributed by atoms with E-state index >= 15 is 0 Å². The van der Waals surface area contributed by atoms with Crippen LogP contribution in [0.5, 0.6) is 5.88 Å². The Hall–Kier alpha value is -3.71. The molecule has 11 nitrogen and oxygen atoms in total. The lowest BCUT2D eigenvalue weighted by atomic mass is 9.87. The third-order valence-corrected chi connectivity index (χ3v) is 10.6. The lowest BCUT2D eigenvalue weighted by molar-refractivity contribution is -0.132. The van der Waals surface area contributed by atoms with Gasteiger partial charge >= 0.3 is 6.09 Å². The average Bonchev–Trinajstić information content (AvgIpc) is 3.29. The molecule has 0 radical (unpaired) electrons. The highest BCUT2D eigenvalue weighted by Gasteiger charge is 2.61. The quantitative estimate of drug-likeness (QED) is 0.400. The van der Waals surface area contributed by atoms with E-state index in [0.717, 1.165) is 39.0 Å². The molecule has 1 unspecified atom stereocenters. The summed E-state index contributed by atoms with van der Waals surface area (Å²) in [5.41, 5.74) is -2.03. The third-order valence-electron chi connectivity index (χ3n) is 8.68. The summed E-state index contributed by atoms with van der Waals surface area (Å²) in [5.74, 6) is -0.988. The third kappa shape index (κ3) is 5.19. The molecule has 1 aromatic heterocycles. The lowest BCUT2D eigenvalue weighted by Gasteiger charge is -2.42. The number of likely N-dealkylation sites (tertiary alicyclic amines) is 1. The van der Waals surface area contributed by atoms with Crippen LogP contribution in [0.2, 0.25) is 5.02 Å². The summed E-state index contributed by atoms with van der Waals surface area (Å²) in [6.45, 7) is 4.83. The number of pyridine rings is 1. The first-order valence-corrected chi connectivity index (χ1v) is 16.3. The predicted octanol–water partition coefficient (Wildman–Crippen LogP) is 3.57. The zero-order chi connectivity index (χ0) is 31.1. The van der Waals surface area contributed by atoms with Crippen molar-refractivity contribution in [1.29, 1.82) is 0 Å². The van der Waals surface area contributed by atoms with Gasteiger partial charge in [-0.3, -0.25) is 9.69 Å². The van der Waals surface area contributed by atoms with Gasteiger partial charge in [-0.05, 0) is 62.4 Å². The van der Waals surface area contributed by atoms with Crippen LogP contribution in [-0.4, -0.2) is 99.6 Å². The van der Waals surface area contributed by atoms with Gasteiger partial charge in [0.2, 0.25) is 5.88 Å². The summed E-state index contributed by atoms with van der Waals surface area (Å²) < 4.78 is 40.5. The number of hydrogen-bond donors (Lipinski definition) is 0. The maximum atomic E-state index is 14.7. The number of piperazine rings is 1. The maximum absolute atomic E-state index is 14.7. The van der Waals surface area contributed by atoms with E-state index in [1.807, 2.05) is 0 Å². The number of anilines is 1. The van der Waals surface area contributed by atoms with Crippen molar-refractivity contribution in [3.63, 3.8) is 0 Å². The zero-order valence-electron chi connectivity index (χ0n) is 24.6. The molecule has 232 valence electrons. The number of carbonyl (C=O) groups is 2. The lowest BCUT2D eigenvalue weighted by Crippen LogP contribution is -2.54. The number of sulfonamides is 1. The minimum absolute atomic E-state index is 0.00677. The van der Waals surface area contributed by atoms with E-state index in [-0.39, 0.29) is 32.6 Å². The largest absolute Gasteiger partial charge is 0.481 e. The molecule has 2 saturated heterocycles. The first kappa shape index (κ1) is 30.3. The molecule has 3 aliphatic rings. The van der Waals surface area contributed by atoms with E-state index in [4.69, 9.17) is 21.1 Å². The Bertz CT molecular complexity index is 1660. The van der Waals surface area contributed by atoms with Gasteiger partial charge < -0.3 is 19.3 Å². The van der Waals surface area contributed by atoms with Crippen molar-refractivity contribution >= 4 is 39.3 Å². The fourth-order valence-corrected chi connectivity index (χ4v) is 7.95. The Morgan fingerprint density at radius 2 is 1.66 bits per heavy atom. The molecular weight excluding hydrogens is 606 g/mol. The Morgan fingerprint density at radius 3 is 2.34 bits per heavy atom. The number of carbonyl (C=O) groups excluding carboxylic acids is 2. The number of halogens is 1. The smallest absolute Gasteiger partial charge is 0.411 e. The Morgan fingerprint density at radius 1 is 0.955 bits per heavy atom. The van der Waals surface area contributed by atoms with Gasteiger partial charge in [0.25, 0.3) is 21.5 Å². The van der Waals surface area contributed by atoms with E-state index in [9.17, 15) is 18.0 Å². The maximum Gasteiger partial charge on any atom is 0.411 e. The Balaban J connectivity index is 1.40. The van der Waals surface area contributed by atoms with E-state index in [1.165, 1.54) is 43.6 Å². The number of fused-ring (bicyclic) bond motifs is 1. The summed E-state index contributed by atoms with van der Waals surface area (Å²) in [6.07, 6.45) is 2.24. The predicted molar refractivity (Wildman–Crippen MR) is 164 cm³/mol. The van der Waals surface area contributed by atoms with Gasteiger partial charge in [-0.2, -0.15) is 4.31 Å². The van der Waals surface area contributed by atoms with Crippen LogP contribution in [0, 0.1) is 0 Å². The standard InChI is InChI=1S/C31H34ClN5O6S/c1-34-17-19-35(20-18-34)23-12-15-36(16-13-23)30(39)43-31(25-9-6-14-33-28(25)42-2)26-21-22(32)10-11-27(26)37(29(31)38)44(40,41)24-7-4-3-5-8-24/h3-11,14,21,23H,12-13,15-20H2,1-2H3. The van der Waals surface area contributed by atoms with E-state index in [2.05, 4.69) is 21.8 Å². The summed E-state index contributed by atoms with van der Waals surface area (Å²) in [4.78, 5) is 39.2. The molecule has 2 fully saturated rings. The second-order valence-corrected chi connectivity index (χ2v) is 13.4. The van der Waals surface area contributed by atoms with E-state index in [0.29, 0.717) is 23.4 Å². The molecule has 3 aromatic rings. The molecular formula is C31H34ClN5O6S. The second kappa shape index (κ2) is 12.0. The van der Waals surface area contributed by atoms with Crippen molar-refractivity contribution in [2.45, 2.75) is 29.4 Å². The van der Waals surface area contributed by atoms with Gasteiger partial charge in [0.1, 0.15) is 0 Å². The summed E-state index contributed by atoms with van der Waals surface area (Å²) in [7, 11) is -0.939. The molecule has 0 spiro atoms. The van der Waals surface area contributed by atoms with E-state index in [1.54, 1.807) is 35.2 Å². The number of nitrogens with zero attached hydrogens (tertiary/aromatic N) is 5. The molecule has 0 aliphatic carbocycles. The first-order chi connectivity index (χ1) is 21.2. The molecule has 44 heavy (non-hydrogen) atoms. The van der Waals surface area contributed by atoms with Crippen LogP contribution in [0.1, 0.15) is 24.0 Å². The molecule has 0 saturated carbocycles. The molecule has 0 N–H and O–H groups in total. The van der Waals surface area contributed by atoms with Crippen molar-refractivity contribution in [3.8, 4) is 5.88 Å². The summed E-state index contributed by atoms with van der Waals surface area (Å²) in [5, 5.41) is 0.229. The number of hydrogen-bond acceptors (Lipinski definition) is 9. The topological polar surface area (TPSA) is 113 Å². The monoisotopic (exact) mass is 639 g/mol. The number of benzene rings is 2. The Kier molecular flexibility index (Phi) is 8.27. The number of ether oxygens (including phenoxy) is 2. The van der Waals surface area contributed by atoms with Gasteiger partial charge in [-0.25, -0.2) is 18.2 Å². The van der Waals surface area contributed by atoms with E-state index < -0.39 is 27.6 Å². The van der Waals surface area contributed by atoms with Gasteiger partial charge in [0.05, 0.1) is 23.3 Å². The number of aromatic nitrogens is 1. The average molecular weight is 640 g/mol. The highest BCUT2D eigenvalue weighted by Crippen LogP contribution is 2.52. The fourth-order valence-electron chi connectivity index (χ4n) is 6.30. The van der Waals surface area contributed by atoms with Crippen LogP contribution in [0.15, 0.2) is 71.8 Å². The van der Waals surface area contributed by atoms with Crippen molar-refractivity contribution in [2.24, 2.45) is 0 Å². The van der Waals surface area contributed by atoms with Crippen molar-refractivity contribution in [2.75, 3.05) is 57.7 Å². The number of methoxy groups -OCH3 is 1. The molecule has 2 amide bonds. The van der Waals surface area contributed by atoms with Crippen LogP contribution in [0.25, 0.3) is 0 Å². The van der Waals surface area contributed by atoms with Crippen LogP contribution < -0.4 is 9.04 Å². The summed E-state index contributed by atoms with van der Waals surface area (Å²) >= 11 is 6.44. The minimum Gasteiger partial charge on any atom is -0.481 e. The van der Waals surface area contributed by atoms with Crippen LogP contribution in [0.4, 0.5) is 10.5 Å². The molecule has 2 aromatic carbocycles. The van der Waals surface area contributed by atoms with Crippen LogP contribution >= 0.6 is 11.6 Å². The molecule has 3 aliphatic heterocycles. The van der Waals surface area contributed by atoms with Crippen molar-refractivity contribution < 1.29 is 27.5 Å². The molecule has 4 heterocycles. The molecule has 6 rings (SSSR count).